The summed E-state index contributed by atoms with van der Waals surface area (Å²) < 4.78 is 5.63. The molecule has 1 atom stereocenters. The van der Waals surface area contributed by atoms with Crippen molar-refractivity contribution in [3.8, 4) is 5.75 Å². The van der Waals surface area contributed by atoms with Gasteiger partial charge in [-0.3, -0.25) is 0 Å². The van der Waals surface area contributed by atoms with Crippen LogP contribution in [0.15, 0.2) is 48.5 Å². The zero-order valence-electron chi connectivity index (χ0n) is 22.1. The lowest BCUT2D eigenvalue weighted by atomic mass is 9.91. The Bertz CT molecular complexity index is 869. The maximum atomic E-state index is 11.4. The second kappa shape index (κ2) is 15.3. The molecule has 198 valence electrons. The second-order valence-corrected chi connectivity index (χ2v) is 11.1. The van der Waals surface area contributed by atoms with Crippen molar-refractivity contribution in [2.45, 2.75) is 115 Å². The molecule has 2 N–H and O–H groups in total. The van der Waals surface area contributed by atoms with E-state index in [2.05, 4.69) is 19.2 Å². The van der Waals surface area contributed by atoms with E-state index >= 15 is 0 Å². The van der Waals surface area contributed by atoms with Crippen molar-refractivity contribution >= 4 is 17.6 Å². The number of aryl methyl sites for hydroxylation is 1. The van der Waals surface area contributed by atoms with Crippen LogP contribution >= 0.6 is 11.6 Å². The molecule has 0 saturated heterocycles. The molecule has 0 spiro atoms. The van der Waals surface area contributed by atoms with Crippen LogP contribution in [0.1, 0.15) is 102 Å². The van der Waals surface area contributed by atoms with Crippen molar-refractivity contribution in [2.24, 2.45) is 0 Å². The Hall–Kier alpha value is -2.04. The molecule has 5 heteroatoms. The maximum Gasteiger partial charge on any atom is 0.344 e. The number of hydrogen-bond acceptors (Lipinski definition) is 3. The number of ether oxygens (including phenoxy) is 1. The molecule has 4 nitrogen and oxygen atoms in total. The fourth-order valence-corrected chi connectivity index (χ4v) is 5.28. The molecule has 36 heavy (non-hydrogen) atoms. The minimum Gasteiger partial charge on any atom is -0.479 e. The van der Waals surface area contributed by atoms with Gasteiger partial charge in [-0.25, -0.2) is 4.79 Å². The smallest absolute Gasteiger partial charge is 0.344 e. The summed E-state index contributed by atoms with van der Waals surface area (Å²) in [5, 5.41) is 13.9. The number of benzene rings is 2. The Balaban J connectivity index is 0.000000233. The van der Waals surface area contributed by atoms with Crippen molar-refractivity contribution in [3.63, 3.8) is 0 Å². The van der Waals surface area contributed by atoms with Crippen molar-refractivity contribution in [1.82, 2.24) is 5.32 Å². The number of halogens is 1. The molecule has 0 bridgehead atoms. The van der Waals surface area contributed by atoms with Crippen LogP contribution in [-0.4, -0.2) is 29.3 Å². The first-order chi connectivity index (χ1) is 17.4. The van der Waals surface area contributed by atoms with E-state index in [9.17, 15) is 9.90 Å². The normalized spacial score (nSPS) is 17.8. The molecule has 2 saturated carbocycles. The van der Waals surface area contributed by atoms with Crippen molar-refractivity contribution in [1.29, 1.82) is 0 Å². The molecule has 2 fully saturated rings. The fraction of sp³-hybridized carbons (Fsp3) is 0.581. The second-order valence-electron chi connectivity index (χ2n) is 10.7. The molecular formula is C31H44ClNO3. The summed E-state index contributed by atoms with van der Waals surface area (Å²) >= 11 is 5.85. The fourth-order valence-electron chi connectivity index (χ4n) is 5.15. The van der Waals surface area contributed by atoms with Gasteiger partial charge in [0.1, 0.15) is 5.75 Å². The number of carboxylic acid groups (broad SMARTS) is 1. The molecular weight excluding hydrogens is 470 g/mol. The summed E-state index contributed by atoms with van der Waals surface area (Å²) in [5.41, 5.74) is 2.24. The SMILES string of the molecule is C1CCC(NC2CCCCC2)CC1.CC(C)c1ccc(OC(CCc2ccc(Cl)cc2)C(=O)O)cc1. The minimum absolute atomic E-state index is 0.406. The van der Waals surface area contributed by atoms with Crippen molar-refractivity contribution in [3.05, 3.63) is 64.7 Å². The maximum absolute atomic E-state index is 11.4. The van der Waals surface area contributed by atoms with Gasteiger partial charge in [-0.1, -0.05) is 88.2 Å². The lowest BCUT2D eigenvalue weighted by Gasteiger charge is -2.30. The summed E-state index contributed by atoms with van der Waals surface area (Å²) in [5.74, 6) is 0.0639. The molecule has 0 heterocycles. The van der Waals surface area contributed by atoms with Crippen molar-refractivity contribution in [2.75, 3.05) is 0 Å². The van der Waals surface area contributed by atoms with E-state index in [0.717, 1.165) is 17.6 Å². The summed E-state index contributed by atoms with van der Waals surface area (Å²) in [6.07, 6.45) is 14.7. The number of carboxylic acids is 1. The van der Waals surface area contributed by atoms with Gasteiger partial charge in [0.25, 0.3) is 0 Å². The van der Waals surface area contributed by atoms with Crippen LogP contribution in [0.5, 0.6) is 5.75 Å². The number of aliphatic carboxylic acids is 1. The molecule has 2 aromatic carbocycles. The molecule has 2 aromatic rings. The van der Waals surface area contributed by atoms with Gasteiger partial charge in [0.2, 0.25) is 0 Å². The van der Waals surface area contributed by atoms with Crippen LogP contribution in [0, 0.1) is 0 Å². The molecule has 1 unspecified atom stereocenters. The molecule has 0 aromatic heterocycles. The third kappa shape index (κ3) is 10.1. The van der Waals surface area contributed by atoms with E-state index in [1.807, 2.05) is 36.4 Å². The average molecular weight is 514 g/mol. The first kappa shape index (κ1) is 28.5. The Labute approximate surface area is 222 Å². The van der Waals surface area contributed by atoms with Crippen LogP contribution < -0.4 is 10.1 Å². The summed E-state index contributed by atoms with van der Waals surface area (Å²) in [6.45, 7) is 4.23. The zero-order chi connectivity index (χ0) is 25.8. The highest BCUT2D eigenvalue weighted by Crippen LogP contribution is 2.23. The zero-order valence-corrected chi connectivity index (χ0v) is 22.8. The van der Waals surface area contributed by atoms with E-state index < -0.39 is 12.1 Å². The first-order valence-corrected chi connectivity index (χ1v) is 14.3. The van der Waals surface area contributed by atoms with Gasteiger partial charge >= 0.3 is 5.97 Å². The van der Waals surface area contributed by atoms with Crippen molar-refractivity contribution < 1.29 is 14.6 Å². The third-order valence-electron chi connectivity index (χ3n) is 7.39. The summed E-state index contributed by atoms with van der Waals surface area (Å²) in [7, 11) is 0. The van der Waals surface area contributed by atoms with E-state index in [1.54, 1.807) is 12.1 Å². The number of hydrogen-bond donors (Lipinski definition) is 2. The van der Waals surface area contributed by atoms with E-state index in [-0.39, 0.29) is 0 Å². The van der Waals surface area contributed by atoms with Gasteiger partial charge in [-0.05, 0) is 79.8 Å². The van der Waals surface area contributed by atoms with Gasteiger partial charge in [0.05, 0.1) is 0 Å². The molecule has 4 rings (SSSR count). The standard InChI is InChI=1S/C19H21ClO3.C12H23N/c1-13(2)15-6-10-17(11-7-15)23-18(19(21)22)12-5-14-3-8-16(20)9-4-14;1-3-7-11(8-4-1)13-12-9-5-2-6-10-12/h3-4,6-11,13,18H,5,12H2,1-2H3,(H,21,22);11-13H,1-10H2. The first-order valence-electron chi connectivity index (χ1n) is 13.9. The molecule has 0 amide bonds. The topological polar surface area (TPSA) is 58.6 Å². The quantitative estimate of drug-likeness (QED) is 0.355. The van der Waals surface area contributed by atoms with Gasteiger partial charge in [-0.15, -0.1) is 0 Å². The largest absolute Gasteiger partial charge is 0.479 e. The highest BCUT2D eigenvalue weighted by molar-refractivity contribution is 6.30. The number of nitrogens with one attached hydrogen (secondary N) is 1. The molecule has 0 radical (unpaired) electrons. The highest BCUT2D eigenvalue weighted by Gasteiger charge is 2.20. The predicted octanol–water partition coefficient (Wildman–Crippen LogP) is 8.17. The average Bonchev–Trinajstić information content (AvgIpc) is 2.89. The predicted molar refractivity (Wildman–Crippen MR) is 149 cm³/mol. The monoisotopic (exact) mass is 513 g/mol. The summed E-state index contributed by atoms with van der Waals surface area (Å²) in [4.78, 5) is 11.4. The molecule has 2 aliphatic rings. The number of rotatable bonds is 9. The van der Waals surface area contributed by atoms with Crippen LogP contribution in [0.4, 0.5) is 0 Å². The number of carbonyl (C=O) groups is 1. The Morgan fingerprint density at radius 3 is 1.89 bits per heavy atom. The van der Waals surface area contributed by atoms with Gasteiger partial charge < -0.3 is 15.2 Å². The third-order valence-corrected chi connectivity index (χ3v) is 7.64. The molecule has 0 aliphatic heterocycles. The van der Waals surface area contributed by atoms with Crippen LogP contribution in [0.2, 0.25) is 5.02 Å². The Kier molecular flexibility index (Phi) is 12.1. The van der Waals surface area contributed by atoms with Crippen LogP contribution in [0.3, 0.4) is 0 Å². The Morgan fingerprint density at radius 1 is 0.889 bits per heavy atom. The lowest BCUT2D eigenvalue weighted by Crippen LogP contribution is -2.40. The minimum atomic E-state index is -0.952. The van der Waals surface area contributed by atoms with E-state index in [0.29, 0.717) is 29.5 Å². The van der Waals surface area contributed by atoms with Gasteiger partial charge in [0.15, 0.2) is 6.10 Å². The van der Waals surface area contributed by atoms with Crippen LogP contribution in [0.25, 0.3) is 0 Å². The van der Waals surface area contributed by atoms with E-state index in [4.69, 9.17) is 16.3 Å². The Morgan fingerprint density at radius 2 is 1.42 bits per heavy atom. The highest BCUT2D eigenvalue weighted by atomic mass is 35.5. The van der Waals surface area contributed by atoms with Crippen LogP contribution in [-0.2, 0) is 11.2 Å². The van der Waals surface area contributed by atoms with Gasteiger partial charge in [-0.2, -0.15) is 0 Å². The molecule has 2 aliphatic carbocycles. The van der Waals surface area contributed by atoms with Gasteiger partial charge in [0, 0.05) is 17.1 Å². The lowest BCUT2D eigenvalue weighted by molar-refractivity contribution is -0.145. The summed E-state index contributed by atoms with van der Waals surface area (Å²) in [6, 6.07) is 16.7. The van der Waals surface area contributed by atoms with E-state index in [1.165, 1.54) is 69.8 Å².